The number of nitrogens with zero attached hydrogens (tertiary/aromatic N) is 2. The minimum atomic E-state index is 0.155. The van der Waals surface area contributed by atoms with Crippen LogP contribution in [0, 0.1) is 11.3 Å². The summed E-state index contributed by atoms with van der Waals surface area (Å²) in [6.45, 7) is 6.03. The monoisotopic (exact) mass is 323 g/mol. The molecule has 1 rings (SSSR count). The maximum Gasteiger partial charge on any atom is 0.224 e. The lowest BCUT2D eigenvalue weighted by atomic mass is 10.2. The number of halogens is 1. The van der Waals surface area contributed by atoms with E-state index in [0.29, 0.717) is 18.5 Å². The van der Waals surface area contributed by atoms with E-state index in [9.17, 15) is 4.79 Å². The Kier molecular flexibility index (Phi) is 6.37. The molecule has 0 bridgehead atoms. The van der Waals surface area contributed by atoms with Crippen molar-refractivity contribution < 1.29 is 4.79 Å². The van der Waals surface area contributed by atoms with Crippen LogP contribution in [0.1, 0.15) is 25.8 Å². The van der Waals surface area contributed by atoms with Crippen LogP contribution in [0.3, 0.4) is 0 Å². The molecule has 102 valence electrons. The van der Waals surface area contributed by atoms with E-state index in [-0.39, 0.29) is 5.91 Å². The number of anilines is 1. The molecule has 0 atom stereocenters. The summed E-state index contributed by atoms with van der Waals surface area (Å²) < 4.78 is 0.835. The van der Waals surface area contributed by atoms with Crippen LogP contribution in [0.5, 0.6) is 0 Å². The number of rotatable bonds is 6. The highest BCUT2D eigenvalue weighted by Gasteiger charge is 2.09. The van der Waals surface area contributed by atoms with E-state index in [4.69, 9.17) is 5.26 Å². The Hall–Kier alpha value is -1.54. The van der Waals surface area contributed by atoms with Gasteiger partial charge < -0.3 is 10.2 Å². The van der Waals surface area contributed by atoms with Gasteiger partial charge >= 0.3 is 0 Å². The zero-order chi connectivity index (χ0) is 14.3. The molecule has 1 aromatic rings. The quantitative estimate of drug-likeness (QED) is 0.875. The lowest BCUT2D eigenvalue weighted by molar-refractivity contribution is -0.130. The number of amides is 1. The molecule has 0 fully saturated rings. The topological polar surface area (TPSA) is 56.1 Å². The van der Waals surface area contributed by atoms with Crippen LogP contribution >= 0.6 is 15.9 Å². The molecule has 1 amide bonds. The van der Waals surface area contributed by atoms with Gasteiger partial charge in [0.25, 0.3) is 0 Å². The minimum Gasteiger partial charge on any atom is -0.384 e. The van der Waals surface area contributed by atoms with Crippen molar-refractivity contribution in [3.05, 3.63) is 28.2 Å². The van der Waals surface area contributed by atoms with E-state index in [2.05, 4.69) is 27.3 Å². The molecule has 1 aromatic carbocycles. The summed E-state index contributed by atoms with van der Waals surface area (Å²) in [5.41, 5.74) is 1.50. The van der Waals surface area contributed by atoms with E-state index in [1.807, 2.05) is 24.8 Å². The molecule has 0 saturated heterocycles. The number of carbonyl (C=O) groups is 1. The first-order chi connectivity index (χ1) is 9.12. The van der Waals surface area contributed by atoms with Crippen LogP contribution in [0.2, 0.25) is 0 Å². The average Bonchev–Trinajstić information content (AvgIpc) is 2.42. The van der Waals surface area contributed by atoms with E-state index in [0.717, 1.165) is 23.2 Å². The fourth-order valence-corrected chi connectivity index (χ4v) is 2.29. The van der Waals surface area contributed by atoms with E-state index in [1.165, 1.54) is 0 Å². The van der Waals surface area contributed by atoms with Gasteiger partial charge in [0.2, 0.25) is 5.91 Å². The molecule has 19 heavy (non-hydrogen) atoms. The van der Waals surface area contributed by atoms with Crippen molar-refractivity contribution in [2.75, 3.05) is 25.0 Å². The number of benzene rings is 1. The Morgan fingerprint density at radius 2 is 2.11 bits per heavy atom. The highest BCUT2D eigenvalue weighted by Crippen LogP contribution is 2.23. The first kappa shape index (κ1) is 15.5. The molecule has 0 saturated carbocycles. The van der Waals surface area contributed by atoms with E-state index >= 15 is 0 Å². The molecule has 0 aliphatic rings. The van der Waals surface area contributed by atoms with Crippen molar-refractivity contribution in [1.29, 1.82) is 5.26 Å². The Morgan fingerprint density at radius 1 is 1.42 bits per heavy atom. The molecule has 0 heterocycles. The Bertz CT molecular complexity index is 478. The van der Waals surface area contributed by atoms with Crippen molar-refractivity contribution in [3.8, 4) is 6.07 Å². The number of nitriles is 1. The van der Waals surface area contributed by atoms with Crippen molar-refractivity contribution >= 4 is 27.5 Å². The van der Waals surface area contributed by atoms with Gasteiger partial charge in [0.1, 0.15) is 0 Å². The molecule has 1 N–H and O–H groups in total. The smallest absolute Gasteiger partial charge is 0.224 e. The molecule has 4 nitrogen and oxygen atoms in total. The van der Waals surface area contributed by atoms with Gasteiger partial charge in [-0.15, -0.1) is 0 Å². The third-order valence-electron chi connectivity index (χ3n) is 2.87. The number of hydrogen-bond donors (Lipinski definition) is 1. The van der Waals surface area contributed by atoms with Crippen molar-refractivity contribution in [1.82, 2.24) is 4.90 Å². The highest BCUT2D eigenvalue weighted by molar-refractivity contribution is 9.10. The minimum absolute atomic E-state index is 0.155. The second-order valence-electron chi connectivity index (χ2n) is 4.05. The Labute approximate surface area is 122 Å². The van der Waals surface area contributed by atoms with Crippen LogP contribution in [-0.4, -0.2) is 30.4 Å². The number of nitrogens with one attached hydrogen (secondary N) is 1. The summed E-state index contributed by atoms with van der Waals surface area (Å²) in [7, 11) is 0. The van der Waals surface area contributed by atoms with Crippen molar-refractivity contribution in [2.45, 2.75) is 20.3 Å². The molecular weight excluding hydrogens is 306 g/mol. The Balaban J connectivity index is 2.50. The van der Waals surface area contributed by atoms with Gasteiger partial charge in [-0.1, -0.05) is 0 Å². The molecule has 0 aliphatic heterocycles. The van der Waals surface area contributed by atoms with Crippen LogP contribution < -0.4 is 5.32 Å². The second kappa shape index (κ2) is 7.80. The van der Waals surface area contributed by atoms with E-state index in [1.54, 1.807) is 12.1 Å². The van der Waals surface area contributed by atoms with Crippen molar-refractivity contribution in [3.63, 3.8) is 0 Å². The number of hydrogen-bond acceptors (Lipinski definition) is 3. The third kappa shape index (κ3) is 4.56. The standard InChI is InChI=1S/C14H18BrN3O/c1-3-18(4-2)14(19)7-8-17-13-6-5-11(10-16)9-12(13)15/h5-6,9,17H,3-4,7-8H2,1-2H3. The lowest BCUT2D eigenvalue weighted by Gasteiger charge is -2.18. The maximum absolute atomic E-state index is 11.8. The molecule has 0 aliphatic carbocycles. The second-order valence-corrected chi connectivity index (χ2v) is 4.90. The third-order valence-corrected chi connectivity index (χ3v) is 3.52. The molecule has 0 aromatic heterocycles. The molecule has 0 radical (unpaired) electrons. The maximum atomic E-state index is 11.8. The van der Waals surface area contributed by atoms with Gasteiger partial charge in [0, 0.05) is 36.2 Å². The van der Waals surface area contributed by atoms with Gasteiger partial charge in [-0.05, 0) is 48.0 Å². The predicted octanol–water partition coefficient (Wildman–Crippen LogP) is 2.99. The first-order valence-corrected chi connectivity index (χ1v) is 7.13. The van der Waals surface area contributed by atoms with Gasteiger partial charge in [0.05, 0.1) is 11.6 Å². The SMILES string of the molecule is CCN(CC)C(=O)CCNc1ccc(C#N)cc1Br. The number of carbonyl (C=O) groups excluding carboxylic acids is 1. The molecule has 0 unspecified atom stereocenters. The van der Waals surface area contributed by atoms with E-state index < -0.39 is 0 Å². The van der Waals surface area contributed by atoms with Crippen LogP contribution in [0.15, 0.2) is 22.7 Å². The van der Waals surface area contributed by atoms with Gasteiger partial charge in [-0.25, -0.2) is 0 Å². The van der Waals surface area contributed by atoms with Gasteiger partial charge in [-0.2, -0.15) is 5.26 Å². The van der Waals surface area contributed by atoms with Crippen LogP contribution in [0.25, 0.3) is 0 Å². The molecule has 0 spiro atoms. The predicted molar refractivity (Wildman–Crippen MR) is 79.9 cm³/mol. The van der Waals surface area contributed by atoms with Crippen LogP contribution in [0.4, 0.5) is 5.69 Å². The average molecular weight is 324 g/mol. The zero-order valence-corrected chi connectivity index (χ0v) is 12.8. The summed E-state index contributed by atoms with van der Waals surface area (Å²) >= 11 is 3.40. The summed E-state index contributed by atoms with van der Waals surface area (Å²) in [5, 5.41) is 12.0. The Morgan fingerprint density at radius 3 is 2.63 bits per heavy atom. The van der Waals surface area contributed by atoms with Crippen molar-refractivity contribution in [2.24, 2.45) is 0 Å². The molecular formula is C14H18BrN3O. The molecule has 5 heteroatoms. The normalized spacial score (nSPS) is 9.79. The fourth-order valence-electron chi connectivity index (χ4n) is 1.77. The summed E-state index contributed by atoms with van der Waals surface area (Å²) in [5.74, 6) is 0.155. The first-order valence-electron chi connectivity index (χ1n) is 6.33. The fraction of sp³-hybridized carbons (Fsp3) is 0.429. The highest BCUT2D eigenvalue weighted by atomic mass is 79.9. The summed E-state index contributed by atoms with van der Waals surface area (Å²) in [6, 6.07) is 7.43. The summed E-state index contributed by atoms with van der Waals surface area (Å²) in [4.78, 5) is 13.6. The van der Waals surface area contributed by atoms with Crippen LogP contribution in [-0.2, 0) is 4.79 Å². The summed E-state index contributed by atoms with van der Waals surface area (Å²) in [6.07, 6.45) is 0.466. The van der Waals surface area contributed by atoms with Gasteiger partial charge in [-0.3, -0.25) is 4.79 Å². The zero-order valence-electron chi connectivity index (χ0n) is 11.2. The lowest BCUT2D eigenvalue weighted by Crippen LogP contribution is -2.31. The largest absolute Gasteiger partial charge is 0.384 e. The van der Waals surface area contributed by atoms with Gasteiger partial charge in [0.15, 0.2) is 0 Å².